The van der Waals surface area contributed by atoms with Gasteiger partial charge in [-0.25, -0.2) is 8.42 Å². The fourth-order valence-electron chi connectivity index (χ4n) is 3.22. The van der Waals surface area contributed by atoms with Gasteiger partial charge >= 0.3 is 0 Å². The van der Waals surface area contributed by atoms with Gasteiger partial charge in [0, 0.05) is 23.8 Å². The monoisotopic (exact) mass is 466 g/mol. The predicted octanol–water partition coefficient (Wildman–Crippen LogP) is 5.05. The van der Waals surface area contributed by atoms with E-state index in [1.807, 2.05) is 18.2 Å². The van der Waals surface area contributed by atoms with Gasteiger partial charge < -0.3 is 5.32 Å². The molecule has 1 N–H and O–H groups in total. The molecule has 2 heterocycles. The smallest absolute Gasteiger partial charge is 0.257 e. The standard InChI is InChI=1S/C20H16Cl2N2O3S2/c21-15-4-6-17(18(22)11-15)20(25)23-16-5-3-13-7-8-24(12-14(13)10-16)29(26,27)19-2-1-9-28-19/h1-6,9-11H,7-8,12H2,(H,23,25). The molecule has 1 amide bonds. The molecule has 0 saturated heterocycles. The van der Waals surface area contributed by atoms with Crippen molar-refractivity contribution in [3.8, 4) is 0 Å². The van der Waals surface area contributed by atoms with Crippen LogP contribution in [0.4, 0.5) is 5.69 Å². The SMILES string of the molecule is O=C(Nc1ccc2c(c1)CN(S(=O)(=O)c1cccs1)CC2)c1ccc(Cl)cc1Cl. The number of carbonyl (C=O) groups is 1. The zero-order valence-electron chi connectivity index (χ0n) is 15.1. The van der Waals surface area contributed by atoms with Crippen molar-refractivity contribution in [1.82, 2.24) is 4.31 Å². The maximum Gasteiger partial charge on any atom is 0.257 e. The third-order valence-electron chi connectivity index (χ3n) is 4.71. The first kappa shape index (κ1) is 20.4. The lowest BCUT2D eigenvalue weighted by Crippen LogP contribution is -2.35. The van der Waals surface area contributed by atoms with Crippen molar-refractivity contribution < 1.29 is 13.2 Å². The second-order valence-electron chi connectivity index (χ2n) is 6.58. The molecular weight excluding hydrogens is 451 g/mol. The summed E-state index contributed by atoms with van der Waals surface area (Å²) in [6.07, 6.45) is 0.622. The summed E-state index contributed by atoms with van der Waals surface area (Å²) in [5, 5.41) is 5.28. The highest BCUT2D eigenvalue weighted by molar-refractivity contribution is 7.91. The molecule has 4 rings (SSSR count). The van der Waals surface area contributed by atoms with E-state index in [1.54, 1.807) is 29.6 Å². The highest BCUT2D eigenvalue weighted by Gasteiger charge is 2.29. The molecule has 0 radical (unpaired) electrons. The van der Waals surface area contributed by atoms with Gasteiger partial charge in [-0.05, 0) is 59.3 Å². The predicted molar refractivity (Wildman–Crippen MR) is 116 cm³/mol. The highest BCUT2D eigenvalue weighted by Crippen LogP contribution is 2.29. The van der Waals surface area contributed by atoms with E-state index in [-0.39, 0.29) is 17.5 Å². The Morgan fingerprint density at radius 1 is 1.07 bits per heavy atom. The van der Waals surface area contributed by atoms with E-state index in [0.29, 0.717) is 33.4 Å². The topological polar surface area (TPSA) is 66.5 Å². The minimum Gasteiger partial charge on any atom is -0.322 e. The van der Waals surface area contributed by atoms with Crippen molar-refractivity contribution in [2.75, 3.05) is 11.9 Å². The van der Waals surface area contributed by atoms with Gasteiger partial charge in [0.25, 0.3) is 15.9 Å². The van der Waals surface area contributed by atoms with Gasteiger partial charge in [0.2, 0.25) is 0 Å². The summed E-state index contributed by atoms with van der Waals surface area (Å²) in [7, 11) is -3.52. The molecule has 150 valence electrons. The number of benzene rings is 2. The minimum absolute atomic E-state index is 0.265. The van der Waals surface area contributed by atoms with Crippen LogP contribution in [0, 0.1) is 0 Å². The fraction of sp³-hybridized carbons (Fsp3) is 0.150. The van der Waals surface area contributed by atoms with E-state index in [4.69, 9.17) is 23.2 Å². The molecule has 0 unspecified atom stereocenters. The van der Waals surface area contributed by atoms with Crippen molar-refractivity contribution in [3.05, 3.63) is 80.6 Å². The summed E-state index contributed by atoms with van der Waals surface area (Å²) in [6.45, 7) is 0.695. The van der Waals surface area contributed by atoms with Gasteiger partial charge in [-0.3, -0.25) is 4.79 Å². The quantitative estimate of drug-likeness (QED) is 0.584. The Labute approximate surface area is 182 Å². The Morgan fingerprint density at radius 2 is 1.90 bits per heavy atom. The lowest BCUT2D eigenvalue weighted by molar-refractivity contribution is 0.102. The zero-order valence-corrected chi connectivity index (χ0v) is 18.2. The van der Waals surface area contributed by atoms with E-state index in [1.165, 1.54) is 21.7 Å². The summed E-state index contributed by atoms with van der Waals surface area (Å²) < 4.78 is 27.4. The van der Waals surface area contributed by atoms with Gasteiger partial charge in [0.15, 0.2) is 0 Å². The number of hydrogen-bond acceptors (Lipinski definition) is 4. The van der Waals surface area contributed by atoms with Gasteiger partial charge in [-0.2, -0.15) is 4.31 Å². The van der Waals surface area contributed by atoms with E-state index in [9.17, 15) is 13.2 Å². The Bertz CT molecular complexity index is 1180. The van der Waals surface area contributed by atoms with Crippen LogP contribution in [-0.4, -0.2) is 25.2 Å². The van der Waals surface area contributed by atoms with E-state index in [0.717, 1.165) is 11.1 Å². The molecule has 5 nitrogen and oxygen atoms in total. The third kappa shape index (κ3) is 4.20. The van der Waals surface area contributed by atoms with Crippen molar-refractivity contribution in [1.29, 1.82) is 0 Å². The van der Waals surface area contributed by atoms with E-state index < -0.39 is 10.0 Å². The number of nitrogens with one attached hydrogen (secondary N) is 1. The first-order valence-electron chi connectivity index (χ1n) is 8.76. The minimum atomic E-state index is -3.52. The van der Waals surface area contributed by atoms with Crippen molar-refractivity contribution in [2.24, 2.45) is 0 Å². The summed E-state index contributed by atoms with van der Waals surface area (Å²) in [4.78, 5) is 12.5. The lowest BCUT2D eigenvalue weighted by Gasteiger charge is -2.28. The normalized spacial score (nSPS) is 14.4. The molecule has 0 spiro atoms. The summed E-state index contributed by atoms with van der Waals surface area (Å²) >= 11 is 13.2. The Morgan fingerprint density at radius 3 is 2.62 bits per heavy atom. The average Bonchev–Trinajstić information content (AvgIpc) is 3.23. The second kappa shape index (κ2) is 8.08. The number of hydrogen-bond donors (Lipinski definition) is 1. The van der Waals surface area contributed by atoms with Crippen LogP contribution in [0.25, 0.3) is 0 Å². The first-order chi connectivity index (χ1) is 13.8. The van der Waals surface area contributed by atoms with Gasteiger partial charge in [0.05, 0.1) is 10.6 Å². The zero-order chi connectivity index (χ0) is 20.6. The second-order valence-corrected chi connectivity index (χ2v) is 10.5. The molecule has 0 atom stereocenters. The van der Waals surface area contributed by atoms with Crippen molar-refractivity contribution >= 4 is 56.2 Å². The lowest BCUT2D eigenvalue weighted by atomic mass is 10.0. The molecule has 0 aliphatic carbocycles. The number of anilines is 1. The molecule has 0 fully saturated rings. The van der Waals surface area contributed by atoms with Crippen LogP contribution in [0.1, 0.15) is 21.5 Å². The molecule has 2 aromatic carbocycles. The largest absolute Gasteiger partial charge is 0.322 e. The Balaban J connectivity index is 1.55. The van der Waals surface area contributed by atoms with Gasteiger partial charge in [-0.15, -0.1) is 11.3 Å². The maximum absolute atomic E-state index is 12.8. The maximum atomic E-state index is 12.8. The van der Waals surface area contributed by atoms with E-state index in [2.05, 4.69) is 5.32 Å². The molecule has 1 aliphatic heterocycles. The van der Waals surface area contributed by atoms with Crippen LogP contribution in [0.15, 0.2) is 58.1 Å². The third-order valence-corrected chi connectivity index (χ3v) is 8.47. The Hall–Kier alpha value is -1.90. The number of halogens is 2. The number of amides is 1. The summed E-state index contributed by atoms with van der Waals surface area (Å²) in [5.41, 5.74) is 2.84. The van der Waals surface area contributed by atoms with Crippen molar-refractivity contribution in [2.45, 2.75) is 17.2 Å². The van der Waals surface area contributed by atoms with Crippen LogP contribution >= 0.6 is 34.5 Å². The molecular formula is C20H16Cl2N2O3S2. The average molecular weight is 467 g/mol. The van der Waals surface area contributed by atoms with Crippen LogP contribution in [-0.2, 0) is 23.0 Å². The Kier molecular flexibility index (Phi) is 5.68. The van der Waals surface area contributed by atoms with Crippen LogP contribution in [0.5, 0.6) is 0 Å². The molecule has 1 aliphatic rings. The van der Waals surface area contributed by atoms with Crippen LogP contribution < -0.4 is 5.32 Å². The molecule has 3 aromatic rings. The number of carbonyl (C=O) groups excluding carboxylic acids is 1. The highest BCUT2D eigenvalue weighted by atomic mass is 35.5. The number of sulfonamides is 1. The number of nitrogens with zero attached hydrogens (tertiary/aromatic N) is 1. The van der Waals surface area contributed by atoms with Crippen molar-refractivity contribution in [3.63, 3.8) is 0 Å². The fourth-order valence-corrected chi connectivity index (χ4v) is 6.28. The number of rotatable bonds is 4. The molecule has 29 heavy (non-hydrogen) atoms. The molecule has 1 aromatic heterocycles. The first-order valence-corrected chi connectivity index (χ1v) is 11.8. The molecule has 9 heteroatoms. The molecule has 0 saturated carbocycles. The summed E-state index contributed by atoms with van der Waals surface area (Å²) in [6, 6.07) is 13.6. The van der Waals surface area contributed by atoms with E-state index >= 15 is 0 Å². The van der Waals surface area contributed by atoms with Gasteiger partial charge in [-0.1, -0.05) is 35.3 Å². The number of thiophene rings is 1. The van der Waals surface area contributed by atoms with Gasteiger partial charge in [0.1, 0.15) is 4.21 Å². The molecule has 0 bridgehead atoms. The van der Waals surface area contributed by atoms with Crippen LogP contribution in [0.3, 0.4) is 0 Å². The number of fused-ring (bicyclic) bond motifs is 1. The summed E-state index contributed by atoms with van der Waals surface area (Å²) in [5.74, 6) is -0.356. The van der Waals surface area contributed by atoms with Crippen LogP contribution in [0.2, 0.25) is 10.0 Å².